The fourth-order valence-electron chi connectivity index (χ4n) is 6.30. The fourth-order valence-corrected chi connectivity index (χ4v) is 6.30. The van der Waals surface area contributed by atoms with E-state index in [1.54, 1.807) is 46.8 Å². The van der Waals surface area contributed by atoms with Gasteiger partial charge in [-0.3, -0.25) is 14.4 Å². The number of carbonyl (C=O) groups excluding carboxylic acids is 1. The average Bonchev–Trinajstić information content (AvgIpc) is 2.96. The van der Waals surface area contributed by atoms with Crippen LogP contribution in [-0.4, -0.2) is 46.1 Å². The predicted molar refractivity (Wildman–Crippen MR) is 173 cm³/mol. The van der Waals surface area contributed by atoms with Gasteiger partial charge in [0.15, 0.2) is 0 Å². The van der Waals surface area contributed by atoms with Crippen molar-refractivity contribution in [2.45, 2.75) is 84.7 Å². The molecule has 2 atom stereocenters. The smallest absolute Gasteiger partial charge is 0.419 e. The molecule has 50 heavy (non-hydrogen) atoms. The number of hydrogen-bond acceptors (Lipinski definition) is 4. The molecule has 0 aliphatic carbocycles. The van der Waals surface area contributed by atoms with Crippen LogP contribution in [0.1, 0.15) is 84.1 Å². The Kier molecular flexibility index (Phi) is 11.5. The van der Waals surface area contributed by atoms with Gasteiger partial charge in [0, 0.05) is 24.4 Å². The van der Waals surface area contributed by atoms with Gasteiger partial charge in [0.1, 0.15) is 11.9 Å². The number of alkyl halides is 6. The normalized spacial score (nSPS) is 15.1. The highest BCUT2D eigenvalue weighted by atomic mass is 19.4. The van der Waals surface area contributed by atoms with Crippen LogP contribution in [0.15, 0.2) is 41.3 Å². The number of likely N-dealkylation sites (tertiary alicyclic amines) is 1. The molecule has 4 rings (SSSR count). The van der Waals surface area contributed by atoms with E-state index >= 15 is 4.39 Å². The van der Waals surface area contributed by atoms with Gasteiger partial charge in [-0.25, -0.2) is 4.39 Å². The van der Waals surface area contributed by atoms with E-state index < -0.39 is 70.8 Å². The number of nitrogens with one attached hydrogen (secondary N) is 1. The van der Waals surface area contributed by atoms with Crippen LogP contribution in [0, 0.1) is 32.5 Å². The van der Waals surface area contributed by atoms with E-state index in [-0.39, 0.29) is 36.4 Å². The molecule has 0 bridgehead atoms. The number of hydrogen-bond donors (Lipinski definition) is 2. The molecular formula is C36H40F7N3O4. The summed E-state index contributed by atoms with van der Waals surface area (Å²) in [4.78, 5) is 41.1. The van der Waals surface area contributed by atoms with Crippen LogP contribution in [-0.2, 0) is 28.4 Å². The van der Waals surface area contributed by atoms with Crippen LogP contribution in [0.3, 0.4) is 0 Å². The highest BCUT2D eigenvalue weighted by molar-refractivity contribution is 5.82. The van der Waals surface area contributed by atoms with Crippen LogP contribution in [0.5, 0.6) is 0 Å². The summed E-state index contributed by atoms with van der Waals surface area (Å²) in [6.07, 6.45) is -9.42. The summed E-state index contributed by atoms with van der Waals surface area (Å²) in [5.74, 6) is -4.75. The zero-order chi connectivity index (χ0) is 37.3. The molecule has 2 heterocycles. The Morgan fingerprint density at radius 3 is 2.10 bits per heavy atom. The summed E-state index contributed by atoms with van der Waals surface area (Å²) in [6.45, 7) is 10.1. The SMILES string of the molecule is Cc1ccc(C)c(-c2cc([C@H](CC(=O)O)NC(=O)C(CC(C)C)n3cc(CCN4CCC4)c(C(F)(F)F)cc3=O)c(F)c(C(F)(F)F)c2)c1C. The number of pyridine rings is 1. The summed E-state index contributed by atoms with van der Waals surface area (Å²) < 4.78 is 101. The second kappa shape index (κ2) is 15.0. The van der Waals surface area contributed by atoms with E-state index in [0.717, 1.165) is 28.8 Å². The summed E-state index contributed by atoms with van der Waals surface area (Å²) >= 11 is 0. The van der Waals surface area contributed by atoms with Crippen LogP contribution >= 0.6 is 0 Å². The van der Waals surface area contributed by atoms with Gasteiger partial charge in [0.25, 0.3) is 5.56 Å². The summed E-state index contributed by atoms with van der Waals surface area (Å²) in [7, 11) is 0. The summed E-state index contributed by atoms with van der Waals surface area (Å²) in [6, 6.07) is 2.22. The molecule has 272 valence electrons. The van der Waals surface area contributed by atoms with Crippen molar-refractivity contribution in [1.29, 1.82) is 0 Å². The van der Waals surface area contributed by atoms with Crippen molar-refractivity contribution < 1.29 is 45.4 Å². The molecule has 0 saturated carbocycles. The van der Waals surface area contributed by atoms with Gasteiger partial charge in [-0.1, -0.05) is 26.0 Å². The molecule has 1 amide bonds. The number of aromatic nitrogens is 1. The molecule has 14 heteroatoms. The summed E-state index contributed by atoms with van der Waals surface area (Å²) in [5, 5.41) is 12.1. The minimum absolute atomic E-state index is 0.0541. The zero-order valence-corrected chi connectivity index (χ0v) is 28.4. The molecule has 1 unspecified atom stereocenters. The van der Waals surface area contributed by atoms with Crippen molar-refractivity contribution in [3.63, 3.8) is 0 Å². The molecule has 2 aromatic carbocycles. The average molecular weight is 712 g/mol. The van der Waals surface area contributed by atoms with E-state index in [9.17, 15) is 45.8 Å². The fraction of sp³-hybridized carbons (Fsp3) is 0.472. The predicted octanol–water partition coefficient (Wildman–Crippen LogP) is 7.78. The lowest BCUT2D eigenvalue weighted by Crippen LogP contribution is -2.41. The molecule has 0 radical (unpaired) electrons. The molecule has 1 aliphatic heterocycles. The number of aliphatic carboxylic acids is 1. The first-order valence-corrected chi connectivity index (χ1v) is 16.2. The number of halogens is 7. The lowest BCUT2D eigenvalue weighted by molar-refractivity contribution is -0.140. The van der Waals surface area contributed by atoms with Gasteiger partial charge in [-0.15, -0.1) is 0 Å². The monoisotopic (exact) mass is 711 g/mol. The van der Waals surface area contributed by atoms with Gasteiger partial charge in [-0.05, 0) is 105 Å². The first-order chi connectivity index (χ1) is 23.2. The van der Waals surface area contributed by atoms with Gasteiger partial charge in [-0.2, -0.15) is 26.3 Å². The Bertz CT molecular complexity index is 1810. The third-order valence-electron chi connectivity index (χ3n) is 9.16. The molecule has 1 aromatic heterocycles. The molecule has 1 fully saturated rings. The Morgan fingerprint density at radius 2 is 1.56 bits per heavy atom. The Balaban J connectivity index is 1.85. The topological polar surface area (TPSA) is 91.6 Å². The maximum absolute atomic E-state index is 15.9. The minimum atomic E-state index is -5.20. The van der Waals surface area contributed by atoms with E-state index in [1.807, 2.05) is 4.90 Å². The molecule has 3 aromatic rings. The molecule has 1 saturated heterocycles. The highest BCUT2D eigenvalue weighted by Gasteiger charge is 2.39. The zero-order valence-electron chi connectivity index (χ0n) is 28.4. The third-order valence-corrected chi connectivity index (χ3v) is 9.16. The van der Waals surface area contributed by atoms with Gasteiger partial charge in [0.05, 0.1) is 23.6 Å². The first-order valence-electron chi connectivity index (χ1n) is 16.2. The molecule has 1 aliphatic rings. The number of carbonyl (C=O) groups is 2. The lowest BCUT2D eigenvalue weighted by Gasteiger charge is -2.31. The maximum Gasteiger partial charge on any atom is 0.419 e. The second-order valence-electron chi connectivity index (χ2n) is 13.3. The van der Waals surface area contributed by atoms with E-state index in [4.69, 9.17) is 0 Å². The van der Waals surface area contributed by atoms with Crippen molar-refractivity contribution in [2.75, 3.05) is 19.6 Å². The lowest BCUT2D eigenvalue weighted by atomic mass is 9.88. The maximum atomic E-state index is 15.9. The number of amides is 1. The number of rotatable bonds is 12. The number of carboxylic acids is 1. The Morgan fingerprint density at radius 1 is 0.940 bits per heavy atom. The van der Waals surface area contributed by atoms with Crippen LogP contribution in [0.4, 0.5) is 30.7 Å². The second-order valence-corrected chi connectivity index (χ2v) is 13.3. The minimum Gasteiger partial charge on any atom is -0.481 e. The highest BCUT2D eigenvalue weighted by Crippen LogP contribution is 2.40. The Hall–Kier alpha value is -4.20. The van der Waals surface area contributed by atoms with Crippen molar-refractivity contribution in [2.24, 2.45) is 5.92 Å². The number of nitrogens with zero attached hydrogens (tertiary/aromatic N) is 2. The van der Waals surface area contributed by atoms with Crippen molar-refractivity contribution in [1.82, 2.24) is 14.8 Å². The van der Waals surface area contributed by atoms with Crippen molar-refractivity contribution in [3.05, 3.63) is 91.6 Å². The molecule has 7 nitrogen and oxygen atoms in total. The number of benzene rings is 2. The largest absolute Gasteiger partial charge is 0.481 e. The number of aryl methyl sites for hydroxylation is 2. The van der Waals surface area contributed by atoms with E-state index in [1.165, 1.54) is 0 Å². The quantitative estimate of drug-likeness (QED) is 0.187. The standard InChI is InChI=1S/C36H40F7N3O4/c1-19(2)13-29(46-18-23(9-12-45-10-6-11-45)26(16-30(46)47)35(38,39)40)34(50)44-28(17-31(48)49)25-14-24(15-27(33(25)37)36(41,42)43)32-21(4)8-7-20(3)22(32)5/h7-8,14-16,18-19,28-29H,6,9-13,17H2,1-5H3,(H,44,50)(H,48,49)/t28-,29?/m0/s1. The molecule has 2 N–H and O–H groups in total. The third kappa shape index (κ3) is 8.74. The van der Waals surface area contributed by atoms with Crippen LogP contribution in [0.25, 0.3) is 11.1 Å². The Labute approximate surface area is 285 Å². The van der Waals surface area contributed by atoms with Crippen molar-refractivity contribution >= 4 is 11.9 Å². The number of carboxylic acid groups (broad SMARTS) is 1. The van der Waals surface area contributed by atoms with Gasteiger partial charge >= 0.3 is 18.3 Å². The summed E-state index contributed by atoms with van der Waals surface area (Å²) in [5.41, 5.74) is -2.71. The van der Waals surface area contributed by atoms with Gasteiger partial charge < -0.3 is 19.9 Å². The van der Waals surface area contributed by atoms with E-state index in [0.29, 0.717) is 41.9 Å². The van der Waals surface area contributed by atoms with Crippen molar-refractivity contribution in [3.8, 4) is 11.1 Å². The van der Waals surface area contributed by atoms with Crippen LogP contribution < -0.4 is 10.9 Å². The molecular weight excluding hydrogens is 671 g/mol. The molecule has 0 spiro atoms. The van der Waals surface area contributed by atoms with Crippen LogP contribution in [0.2, 0.25) is 0 Å². The van der Waals surface area contributed by atoms with Gasteiger partial charge in [0.2, 0.25) is 5.91 Å². The van der Waals surface area contributed by atoms with E-state index in [2.05, 4.69) is 5.32 Å². The first kappa shape index (κ1) is 38.6.